The first-order valence-corrected chi connectivity index (χ1v) is 10.0. The summed E-state index contributed by atoms with van der Waals surface area (Å²) in [7, 11) is 0. The smallest absolute Gasteiger partial charge is 0.321 e. The molecule has 0 aromatic heterocycles. The second-order valence-electron chi connectivity index (χ2n) is 5.89. The number of hydrogen-bond donors (Lipinski definition) is 2. The highest BCUT2D eigenvalue weighted by molar-refractivity contribution is 9.10. The van der Waals surface area contributed by atoms with E-state index in [-0.39, 0.29) is 5.37 Å². The standard InChI is InChI=1S/C19H20BrNO3S/c20-14-8-9-17(24-10-4-7-13-5-2-1-3-6-13)15(11-14)18-21-16(12-25-18)19(22)23/h1-3,5-6,8-9,11,16,18,21H,4,7,10,12H2,(H,22,23). The molecule has 2 atom stereocenters. The molecule has 3 rings (SSSR count). The molecule has 2 aromatic rings. The third kappa shape index (κ3) is 5.00. The molecule has 25 heavy (non-hydrogen) atoms. The molecule has 0 bridgehead atoms. The zero-order valence-corrected chi connectivity index (χ0v) is 16.1. The van der Waals surface area contributed by atoms with Crippen molar-refractivity contribution in [3.05, 3.63) is 64.1 Å². The van der Waals surface area contributed by atoms with Gasteiger partial charge in [0.25, 0.3) is 0 Å². The third-order valence-electron chi connectivity index (χ3n) is 4.04. The van der Waals surface area contributed by atoms with Crippen LogP contribution in [-0.4, -0.2) is 29.5 Å². The van der Waals surface area contributed by atoms with E-state index >= 15 is 0 Å². The Morgan fingerprint density at radius 1 is 1.28 bits per heavy atom. The number of ether oxygens (including phenoxy) is 1. The third-order valence-corrected chi connectivity index (χ3v) is 5.79. The van der Waals surface area contributed by atoms with Gasteiger partial charge < -0.3 is 9.84 Å². The summed E-state index contributed by atoms with van der Waals surface area (Å²) in [6, 6.07) is 15.7. The van der Waals surface area contributed by atoms with Gasteiger partial charge in [-0.25, -0.2) is 0 Å². The van der Waals surface area contributed by atoms with Crippen molar-refractivity contribution < 1.29 is 14.6 Å². The number of rotatable bonds is 7. The molecule has 2 N–H and O–H groups in total. The molecular weight excluding hydrogens is 402 g/mol. The molecule has 0 amide bonds. The minimum atomic E-state index is -0.810. The van der Waals surface area contributed by atoms with Crippen LogP contribution in [0.5, 0.6) is 5.75 Å². The van der Waals surface area contributed by atoms with E-state index in [0.717, 1.165) is 28.6 Å². The van der Waals surface area contributed by atoms with E-state index in [1.165, 1.54) is 5.56 Å². The minimum absolute atomic E-state index is 0.0669. The summed E-state index contributed by atoms with van der Waals surface area (Å²) < 4.78 is 6.96. The number of aliphatic carboxylic acids is 1. The van der Waals surface area contributed by atoms with Crippen LogP contribution in [-0.2, 0) is 11.2 Å². The summed E-state index contributed by atoms with van der Waals surface area (Å²) in [6.07, 6.45) is 1.91. The molecule has 1 fully saturated rings. The zero-order valence-electron chi connectivity index (χ0n) is 13.7. The average Bonchev–Trinajstić information content (AvgIpc) is 3.11. The molecule has 132 valence electrons. The average molecular weight is 422 g/mol. The lowest BCUT2D eigenvalue weighted by atomic mass is 10.1. The van der Waals surface area contributed by atoms with Gasteiger partial charge >= 0.3 is 5.97 Å². The summed E-state index contributed by atoms with van der Waals surface area (Å²) in [5.41, 5.74) is 2.29. The SMILES string of the molecule is O=C(O)C1CSC(c2cc(Br)ccc2OCCCc2ccccc2)N1. The molecule has 1 saturated heterocycles. The Hall–Kier alpha value is -1.50. The highest BCUT2D eigenvalue weighted by atomic mass is 79.9. The number of carboxylic acids is 1. The van der Waals surface area contributed by atoms with Crippen molar-refractivity contribution in [3.8, 4) is 5.75 Å². The number of carbonyl (C=O) groups is 1. The molecule has 2 aromatic carbocycles. The maximum atomic E-state index is 11.2. The van der Waals surface area contributed by atoms with Gasteiger partial charge in [0.15, 0.2) is 0 Å². The van der Waals surface area contributed by atoms with Crippen molar-refractivity contribution >= 4 is 33.7 Å². The topological polar surface area (TPSA) is 58.6 Å². The summed E-state index contributed by atoms with van der Waals surface area (Å²) in [6.45, 7) is 0.628. The maximum absolute atomic E-state index is 11.2. The molecule has 2 unspecified atom stereocenters. The lowest BCUT2D eigenvalue weighted by Crippen LogP contribution is -2.33. The van der Waals surface area contributed by atoms with Gasteiger partial charge in [0.2, 0.25) is 0 Å². The number of thioether (sulfide) groups is 1. The number of nitrogens with one attached hydrogen (secondary N) is 1. The van der Waals surface area contributed by atoms with Crippen LogP contribution in [0.25, 0.3) is 0 Å². The predicted molar refractivity (Wildman–Crippen MR) is 104 cm³/mol. The number of hydrogen-bond acceptors (Lipinski definition) is 4. The Balaban J connectivity index is 1.60. The second kappa shape index (κ2) is 8.74. The van der Waals surface area contributed by atoms with Crippen LogP contribution >= 0.6 is 27.7 Å². The van der Waals surface area contributed by atoms with Crippen LogP contribution in [0.4, 0.5) is 0 Å². The van der Waals surface area contributed by atoms with E-state index in [1.54, 1.807) is 11.8 Å². The Morgan fingerprint density at radius 2 is 2.08 bits per heavy atom. The molecule has 0 spiro atoms. The first kappa shape index (κ1) is 18.3. The second-order valence-corrected chi connectivity index (χ2v) is 7.94. The number of benzene rings is 2. The van der Waals surface area contributed by atoms with Crippen LogP contribution in [0.1, 0.15) is 22.9 Å². The lowest BCUT2D eigenvalue weighted by molar-refractivity contribution is -0.138. The quantitative estimate of drug-likeness (QED) is 0.654. The number of carboxylic acid groups (broad SMARTS) is 1. The van der Waals surface area contributed by atoms with E-state index in [2.05, 4.69) is 33.4 Å². The van der Waals surface area contributed by atoms with Gasteiger partial charge in [-0.15, -0.1) is 11.8 Å². The monoisotopic (exact) mass is 421 g/mol. The van der Waals surface area contributed by atoms with Crippen molar-refractivity contribution in [1.29, 1.82) is 0 Å². The fourth-order valence-electron chi connectivity index (χ4n) is 2.75. The van der Waals surface area contributed by atoms with Crippen molar-refractivity contribution in [2.24, 2.45) is 0 Å². The molecule has 1 heterocycles. The van der Waals surface area contributed by atoms with E-state index in [9.17, 15) is 4.79 Å². The van der Waals surface area contributed by atoms with E-state index in [1.807, 2.05) is 36.4 Å². The summed E-state index contributed by atoms with van der Waals surface area (Å²) in [5.74, 6) is 0.558. The molecular formula is C19H20BrNO3S. The van der Waals surface area contributed by atoms with Gasteiger partial charge in [-0.2, -0.15) is 0 Å². The Labute approximate surface area is 160 Å². The van der Waals surface area contributed by atoms with Crippen molar-refractivity contribution in [1.82, 2.24) is 5.32 Å². The molecule has 4 nitrogen and oxygen atoms in total. The number of halogens is 1. The Kier molecular flexibility index (Phi) is 6.39. The summed E-state index contributed by atoms with van der Waals surface area (Å²) in [5, 5.41) is 12.3. The van der Waals surface area contributed by atoms with Gasteiger partial charge in [-0.1, -0.05) is 46.3 Å². The molecule has 6 heteroatoms. The first-order chi connectivity index (χ1) is 12.1. The maximum Gasteiger partial charge on any atom is 0.321 e. The Morgan fingerprint density at radius 3 is 2.80 bits per heavy atom. The van der Waals surface area contributed by atoms with E-state index in [0.29, 0.717) is 12.4 Å². The van der Waals surface area contributed by atoms with Crippen LogP contribution in [0.2, 0.25) is 0 Å². The van der Waals surface area contributed by atoms with E-state index in [4.69, 9.17) is 9.84 Å². The van der Waals surface area contributed by atoms with Crippen LogP contribution < -0.4 is 10.1 Å². The largest absolute Gasteiger partial charge is 0.493 e. The summed E-state index contributed by atoms with van der Waals surface area (Å²) >= 11 is 5.09. The van der Waals surface area contributed by atoms with Gasteiger partial charge in [0, 0.05) is 15.8 Å². The van der Waals surface area contributed by atoms with Gasteiger partial charge in [0.1, 0.15) is 11.8 Å². The number of aryl methyl sites for hydroxylation is 1. The highest BCUT2D eigenvalue weighted by Gasteiger charge is 2.32. The van der Waals surface area contributed by atoms with Crippen LogP contribution in [0, 0.1) is 0 Å². The fraction of sp³-hybridized carbons (Fsp3) is 0.316. The molecule has 0 radical (unpaired) electrons. The lowest BCUT2D eigenvalue weighted by Gasteiger charge is -2.17. The van der Waals surface area contributed by atoms with Crippen molar-refractivity contribution in [3.63, 3.8) is 0 Å². The first-order valence-electron chi connectivity index (χ1n) is 8.20. The van der Waals surface area contributed by atoms with Crippen LogP contribution in [0.15, 0.2) is 53.0 Å². The van der Waals surface area contributed by atoms with Crippen molar-refractivity contribution in [2.75, 3.05) is 12.4 Å². The molecule has 1 aliphatic heterocycles. The normalized spacial score (nSPS) is 19.7. The fourth-order valence-corrected chi connectivity index (χ4v) is 4.38. The molecule has 0 saturated carbocycles. The minimum Gasteiger partial charge on any atom is -0.493 e. The molecule has 0 aliphatic carbocycles. The van der Waals surface area contributed by atoms with Gasteiger partial charge in [0.05, 0.1) is 12.0 Å². The van der Waals surface area contributed by atoms with E-state index < -0.39 is 12.0 Å². The summed E-state index contributed by atoms with van der Waals surface area (Å²) in [4.78, 5) is 11.2. The molecule has 1 aliphatic rings. The van der Waals surface area contributed by atoms with Crippen LogP contribution in [0.3, 0.4) is 0 Å². The van der Waals surface area contributed by atoms with Gasteiger partial charge in [-0.05, 0) is 36.6 Å². The predicted octanol–water partition coefficient (Wildman–Crippen LogP) is 4.25. The van der Waals surface area contributed by atoms with Crippen molar-refractivity contribution in [2.45, 2.75) is 24.3 Å². The Bertz CT molecular complexity index is 726. The zero-order chi connectivity index (χ0) is 17.6. The van der Waals surface area contributed by atoms with Gasteiger partial charge in [-0.3, -0.25) is 10.1 Å². The highest BCUT2D eigenvalue weighted by Crippen LogP contribution is 2.39.